The molecule has 1 aliphatic rings. The fraction of sp³-hybridized carbons (Fsp3) is 0.200. The first-order chi connectivity index (χ1) is 13.0. The highest BCUT2D eigenvalue weighted by molar-refractivity contribution is 6.04. The van der Waals surface area contributed by atoms with Crippen molar-refractivity contribution in [2.24, 2.45) is 0 Å². The summed E-state index contributed by atoms with van der Waals surface area (Å²) in [6.45, 7) is 0.755. The Labute approximate surface area is 155 Å². The molecule has 1 atom stereocenters. The summed E-state index contributed by atoms with van der Waals surface area (Å²) in [7, 11) is 4.07. The second-order valence-electron chi connectivity index (χ2n) is 7.29. The molecule has 1 aliphatic heterocycles. The first kappa shape index (κ1) is 15.9. The van der Waals surface area contributed by atoms with Crippen LogP contribution in [-0.2, 0) is 6.54 Å². The Balaban J connectivity index is 1.75. The van der Waals surface area contributed by atoms with Gasteiger partial charge < -0.3 is 25.9 Å². The number of carbonyl (C=O) groups is 1. The normalized spacial score (nSPS) is 16.4. The number of aromatic amines is 2. The highest BCUT2D eigenvalue weighted by atomic mass is 16.2. The van der Waals surface area contributed by atoms with Gasteiger partial charge in [0.05, 0.1) is 17.1 Å². The van der Waals surface area contributed by atoms with Crippen LogP contribution in [0.4, 0.5) is 5.95 Å². The lowest BCUT2D eigenvalue weighted by Gasteiger charge is -2.16. The number of hydrogen-bond acceptors (Lipinski definition) is 4. The number of nitrogens with one attached hydrogen (secondary N) is 3. The van der Waals surface area contributed by atoms with Crippen LogP contribution in [0.15, 0.2) is 36.4 Å². The molecule has 0 bridgehead atoms. The van der Waals surface area contributed by atoms with Crippen LogP contribution in [0.5, 0.6) is 0 Å². The van der Waals surface area contributed by atoms with Gasteiger partial charge in [-0.2, -0.15) is 0 Å². The summed E-state index contributed by atoms with van der Waals surface area (Å²) in [5.74, 6) is 0.269. The van der Waals surface area contributed by atoms with E-state index in [4.69, 9.17) is 5.73 Å². The van der Waals surface area contributed by atoms with Crippen molar-refractivity contribution in [1.82, 2.24) is 25.2 Å². The fourth-order valence-corrected chi connectivity index (χ4v) is 4.03. The number of hydrogen-bond donors (Lipinski definition) is 4. The molecule has 0 saturated carbocycles. The minimum atomic E-state index is -0.215. The molecule has 4 aromatic rings. The topological polar surface area (TPSA) is 103 Å². The zero-order valence-electron chi connectivity index (χ0n) is 15.1. The molecule has 136 valence electrons. The van der Waals surface area contributed by atoms with Crippen LogP contribution in [0, 0.1) is 0 Å². The SMILES string of the molecule is CN(C)Cc1[nH]c2ccccc2c1C1NC(=O)c2cc3nc(N)[nH]c3cc21. The Kier molecular flexibility index (Phi) is 3.29. The number of amides is 1. The van der Waals surface area contributed by atoms with Crippen LogP contribution < -0.4 is 11.1 Å². The number of H-pyrrole nitrogens is 2. The van der Waals surface area contributed by atoms with Crippen molar-refractivity contribution < 1.29 is 4.79 Å². The molecular weight excluding hydrogens is 340 g/mol. The van der Waals surface area contributed by atoms with Gasteiger partial charge >= 0.3 is 0 Å². The zero-order valence-corrected chi connectivity index (χ0v) is 15.1. The maximum absolute atomic E-state index is 12.7. The van der Waals surface area contributed by atoms with Crippen molar-refractivity contribution in [2.75, 3.05) is 19.8 Å². The third-order valence-corrected chi connectivity index (χ3v) is 5.09. The molecule has 5 N–H and O–H groups in total. The smallest absolute Gasteiger partial charge is 0.252 e. The summed E-state index contributed by atoms with van der Waals surface area (Å²) in [5, 5.41) is 4.28. The van der Waals surface area contributed by atoms with Crippen molar-refractivity contribution in [3.05, 3.63) is 58.8 Å². The summed E-state index contributed by atoms with van der Waals surface area (Å²) in [6.07, 6.45) is 0. The van der Waals surface area contributed by atoms with E-state index in [1.54, 1.807) is 0 Å². The molecule has 7 nitrogen and oxygen atoms in total. The third-order valence-electron chi connectivity index (χ3n) is 5.09. The molecule has 3 heterocycles. The molecule has 7 heteroatoms. The Morgan fingerprint density at radius 3 is 2.78 bits per heavy atom. The van der Waals surface area contributed by atoms with E-state index < -0.39 is 0 Å². The van der Waals surface area contributed by atoms with E-state index in [9.17, 15) is 4.79 Å². The number of aromatic nitrogens is 3. The lowest BCUT2D eigenvalue weighted by molar-refractivity contribution is 0.0960. The molecular formula is C20H20N6O. The zero-order chi connectivity index (χ0) is 18.7. The number of anilines is 1. The number of imidazole rings is 1. The number of para-hydroxylation sites is 1. The van der Waals surface area contributed by atoms with Crippen molar-refractivity contribution in [2.45, 2.75) is 12.6 Å². The summed E-state index contributed by atoms with van der Waals surface area (Å²) in [4.78, 5) is 25.6. The highest BCUT2D eigenvalue weighted by Crippen LogP contribution is 2.38. The van der Waals surface area contributed by atoms with Crippen molar-refractivity contribution in [3.63, 3.8) is 0 Å². The lowest BCUT2D eigenvalue weighted by atomic mass is 9.95. The van der Waals surface area contributed by atoms with Gasteiger partial charge in [0.1, 0.15) is 0 Å². The molecule has 1 unspecified atom stereocenters. The van der Waals surface area contributed by atoms with Crippen LogP contribution in [0.25, 0.3) is 21.9 Å². The number of fused-ring (bicyclic) bond motifs is 3. The van der Waals surface area contributed by atoms with E-state index in [0.29, 0.717) is 17.0 Å². The van der Waals surface area contributed by atoms with Crippen LogP contribution in [0.1, 0.15) is 33.2 Å². The number of rotatable bonds is 3. The van der Waals surface area contributed by atoms with E-state index in [-0.39, 0.29) is 11.9 Å². The van der Waals surface area contributed by atoms with Gasteiger partial charge in [0.2, 0.25) is 0 Å². The van der Waals surface area contributed by atoms with E-state index in [1.807, 2.05) is 38.4 Å². The van der Waals surface area contributed by atoms with Crippen molar-refractivity contribution in [3.8, 4) is 0 Å². The van der Waals surface area contributed by atoms with Crippen LogP contribution >= 0.6 is 0 Å². The van der Waals surface area contributed by atoms with Crippen LogP contribution in [0.2, 0.25) is 0 Å². The highest BCUT2D eigenvalue weighted by Gasteiger charge is 2.34. The number of benzene rings is 2. The Hall–Kier alpha value is -3.32. The van der Waals surface area contributed by atoms with E-state index in [2.05, 4.69) is 37.3 Å². The van der Waals surface area contributed by atoms with E-state index in [0.717, 1.165) is 39.8 Å². The van der Waals surface area contributed by atoms with Crippen molar-refractivity contribution >= 4 is 33.8 Å². The lowest BCUT2D eigenvalue weighted by Crippen LogP contribution is -2.22. The predicted octanol–water partition coefficient (Wildman–Crippen LogP) is 2.52. The fourth-order valence-electron chi connectivity index (χ4n) is 4.03. The average Bonchev–Trinajstić information content (AvgIpc) is 3.25. The molecule has 5 rings (SSSR count). The summed E-state index contributed by atoms with van der Waals surface area (Å²) >= 11 is 0. The quantitative estimate of drug-likeness (QED) is 0.451. The molecule has 2 aromatic carbocycles. The first-order valence-corrected chi connectivity index (χ1v) is 8.85. The average molecular weight is 360 g/mol. The molecule has 0 radical (unpaired) electrons. The molecule has 0 saturated heterocycles. The van der Waals surface area contributed by atoms with Gasteiger partial charge in [0, 0.05) is 34.3 Å². The standard InChI is InChI=1S/C20H20N6O/c1-26(2)9-16-17(10-5-3-4-6-13(10)22-16)18-11-7-14-15(24-20(21)23-14)8-12(11)19(27)25-18/h3-8,18,22H,9H2,1-2H3,(H,25,27)(H3,21,23,24). The minimum absolute atomic E-state index is 0.0837. The maximum Gasteiger partial charge on any atom is 0.252 e. The number of nitrogens with zero attached hydrogens (tertiary/aromatic N) is 2. The van der Waals surface area contributed by atoms with Crippen LogP contribution in [0.3, 0.4) is 0 Å². The van der Waals surface area contributed by atoms with Crippen molar-refractivity contribution in [1.29, 1.82) is 0 Å². The van der Waals surface area contributed by atoms with Gasteiger partial charge in [-0.05, 0) is 37.9 Å². The van der Waals surface area contributed by atoms with Gasteiger partial charge in [-0.15, -0.1) is 0 Å². The molecule has 0 spiro atoms. The van der Waals surface area contributed by atoms with Gasteiger partial charge in [-0.25, -0.2) is 4.98 Å². The summed E-state index contributed by atoms with van der Waals surface area (Å²) < 4.78 is 0. The molecule has 0 aliphatic carbocycles. The van der Waals surface area contributed by atoms with E-state index in [1.165, 1.54) is 0 Å². The van der Waals surface area contributed by atoms with Crippen LogP contribution in [-0.4, -0.2) is 39.9 Å². The van der Waals surface area contributed by atoms with Gasteiger partial charge in [-0.3, -0.25) is 4.79 Å². The largest absolute Gasteiger partial charge is 0.369 e. The number of nitrogens with two attached hydrogens (primary N) is 1. The van der Waals surface area contributed by atoms with Gasteiger partial charge in [0.25, 0.3) is 5.91 Å². The molecule has 0 fully saturated rings. The van der Waals surface area contributed by atoms with E-state index >= 15 is 0 Å². The molecule has 2 aromatic heterocycles. The molecule has 1 amide bonds. The molecule has 27 heavy (non-hydrogen) atoms. The number of nitrogen functional groups attached to an aromatic ring is 1. The summed E-state index contributed by atoms with van der Waals surface area (Å²) in [5.41, 5.74) is 12.2. The summed E-state index contributed by atoms with van der Waals surface area (Å²) in [6, 6.07) is 11.8. The van der Waals surface area contributed by atoms with Gasteiger partial charge in [-0.1, -0.05) is 18.2 Å². The monoisotopic (exact) mass is 360 g/mol. The Morgan fingerprint density at radius 2 is 1.96 bits per heavy atom. The Bertz CT molecular complexity index is 1200. The van der Waals surface area contributed by atoms with Gasteiger partial charge in [0.15, 0.2) is 5.95 Å². The number of carbonyl (C=O) groups excluding carboxylic acids is 1. The predicted molar refractivity (Wildman–Crippen MR) is 106 cm³/mol. The Morgan fingerprint density at radius 1 is 1.15 bits per heavy atom. The first-order valence-electron chi connectivity index (χ1n) is 8.85. The third kappa shape index (κ3) is 2.39. The maximum atomic E-state index is 12.7. The second kappa shape index (κ2) is 5.59. The second-order valence-corrected chi connectivity index (χ2v) is 7.29. The minimum Gasteiger partial charge on any atom is -0.369 e.